The van der Waals surface area contributed by atoms with Crippen molar-refractivity contribution in [2.75, 3.05) is 20.2 Å². The summed E-state index contributed by atoms with van der Waals surface area (Å²) in [6.07, 6.45) is 0.829. The van der Waals surface area contributed by atoms with Crippen molar-refractivity contribution in [3.05, 3.63) is 82.9 Å². The van der Waals surface area contributed by atoms with E-state index in [-0.39, 0.29) is 17.4 Å². The van der Waals surface area contributed by atoms with Crippen LogP contribution in [0.25, 0.3) is 28.0 Å². The molecule has 1 aliphatic heterocycles. The van der Waals surface area contributed by atoms with Gasteiger partial charge in [0.05, 0.1) is 24.4 Å². The molecule has 0 radical (unpaired) electrons. The number of methoxy groups -OCH3 is 1. The maximum absolute atomic E-state index is 13.5. The molecule has 5 rings (SSSR count). The Morgan fingerprint density at radius 1 is 1.03 bits per heavy atom. The Bertz CT molecular complexity index is 1300. The van der Waals surface area contributed by atoms with Gasteiger partial charge in [-0.05, 0) is 48.4 Å². The predicted octanol–water partition coefficient (Wildman–Crippen LogP) is 3.18. The summed E-state index contributed by atoms with van der Waals surface area (Å²) < 4.78 is 8.18. The molecule has 0 saturated carbocycles. The third kappa shape index (κ3) is 3.33. The van der Waals surface area contributed by atoms with E-state index >= 15 is 0 Å². The standard InChI is InChI=1S/C24H22N4O3/c1-31-23(29)20-11-12-21-22(26-20)28(19-13-14-25-15-19)24(30)27(21)18-9-7-17(8-10-18)16-5-3-2-4-6-16/h2-12,19,25H,13-15H2,1H3/t19-/m0/s1. The number of ether oxygens (including phenoxy) is 1. The van der Waals surface area contributed by atoms with Crippen LogP contribution in [0.5, 0.6) is 0 Å². The first-order valence-corrected chi connectivity index (χ1v) is 10.3. The highest BCUT2D eigenvalue weighted by molar-refractivity contribution is 5.90. The Morgan fingerprint density at radius 3 is 2.45 bits per heavy atom. The molecule has 0 amide bonds. The lowest BCUT2D eigenvalue weighted by Gasteiger charge is -2.10. The van der Waals surface area contributed by atoms with E-state index in [0.717, 1.165) is 29.8 Å². The van der Waals surface area contributed by atoms with Crippen molar-refractivity contribution in [2.24, 2.45) is 0 Å². The third-order valence-corrected chi connectivity index (χ3v) is 5.75. The van der Waals surface area contributed by atoms with Crippen LogP contribution in [0.3, 0.4) is 0 Å². The number of benzene rings is 2. The average Bonchev–Trinajstić information content (AvgIpc) is 3.44. The summed E-state index contributed by atoms with van der Waals surface area (Å²) in [5, 5.41) is 3.30. The van der Waals surface area contributed by atoms with Gasteiger partial charge in [0.2, 0.25) is 0 Å². The Labute approximate surface area is 178 Å². The number of rotatable bonds is 4. The Balaban J connectivity index is 1.67. The van der Waals surface area contributed by atoms with Crippen molar-refractivity contribution in [1.29, 1.82) is 0 Å². The molecule has 156 valence electrons. The quantitative estimate of drug-likeness (QED) is 0.519. The van der Waals surface area contributed by atoms with Crippen molar-refractivity contribution >= 4 is 17.1 Å². The lowest BCUT2D eigenvalue weighted by molar-refractivity contribution is 0.0594. The van der Waals surface area contributed by atoms with E-state index in [1.165, 1.54) is 7.11 Å². The van der Waals surface area contributed by atoms with Gasteiger partial charge in [0.1, 0.15) is 0 Å². The summed E-state index contributed by atoms with van der Waals surface area (Å²) in [5.41, 5.74) is 4.13. The fourth-order valence-electron chi connectivity index (χ4n) is 4.18. The van der Waals surface area contributed by atoms with Crippen LogP contribution in [-0.4, -0.2) is 40.3 Å². The molecule has 4 aromatic rings. The number of carbonyl (C=O) groups is 1. The molecule has 0 unspecified atom stereocenters. The van der Waals surface area contributed by atoms with Crippen LogP contribution in [0.1, 0.15) is 23.0 Å². The number of esters is 1. The van der Waals surface area contributed by atoms with Gasteiger partial charge in [-0.3, -0.25) is 9.13 Å². The van der Waals surface area contributed by atoms with Gasteiger partial charge >= 0.3 is 11.7 Å². The number of fused-ring (bicyclic) bond motifs is 1. The van der Waals surface area contributed by atoms with Gasteiger partial charge in [-0.1, -0.05) is 42.5 Å². The van der Waals surface area contributed by atoms with E-state index in [0.29, 0.717) is 17.7 Å². The Morgan fingerprint density at radius 2 is 1.77 bits per heavy atom. The molecule has 1 atom stereocenters. The predicted molar refractivity (Wildman–Crippen MR) is 119 cm³/mol. The number of imidazole rings is 1. The fourth-order valence-corrected chi connectivity index (χ4v) is 4.18. The number of pyridine rings is 1. The fraction of sp³-hybridized carbons (Fsp3) is 0.208. The number of nitrogens with one attached hydrogen (secondary N) is 1. The van der Waals surface area contributed by atoms with E-state index in [9.17, 15) is 9.59 Å². The van der Waals surface area contributed by atoms with Crippen molar-refractivity contribution in [2.45, 2.75) is 12.5 Å². The number of carbonyl (C=O) groups excluding carboxylic acids is 1. The largest absolute Gasteiger partial charge is 0.464 e. The van der Waals surface area contributed by atoms with Crippen molar-refractivity contribution in [3.63, 3.8) is 0 Å². The second kappa shape index (κ2) is 7.85. The maximum Gasteiger partial charge on any atom is 0.356 e. The van der Waals surface area contributed by atoms with Crippen LogP contribution in [0.15, 0.2) is 71.5 Å². The van der Waals surface area contributed by atoms with E-state index in [1.54, 1.807) is 21.3 Å². The SMILES string of the molecule is COC(=O)c1ccc2c(n1)n([C@H]1CCNC1)c(=O)n2-c1ccc(-c2ccccc2)cc1. The summed E-state index contributed by atoms with van der Waals surface area (Å²) in [6, 6.07) is 21.3. The van der Waals surface area contributed by atoms with Crippen molar-refractivity contribution in [3.8, 4) is 16.8 Å². The summed E-state index contributed by atoms with van der Waals surface area (Å²) >= 11 is 0. The minimum absolute atomic E-state index is 0.0137. The summed E-state index contributed by atoms with van der Waals surface area (Å²) in [4.78, 5) is 30.1. The smallest absolute Gasteiger partial charge is 0.356 e. The van der Waals surface area contributed by atoms with Crippen LogP contribution in [-0.2, 0) is 4.74 Å². The van der Waals surface area contributed by atoms with Gasteiger partial charge in [-0.25, -0.2) is 14.6 Å². The average molecular weight is 414 g/mol. The van der Waals surface area contributed by atoms with Crippen molar-refractivity contribution < 1.29 is 9.53 Å². The number of nitrogens with zero attached hydrogens (tertiary/aromatic N) is 3. The van der Waals surface area contributed by atoms with E-state index < -0.39 is 5.97 Å². The molecule has 2 aromatic carbocycles. The monoisotopic (exact) mass is 414 g/mol. The molecule has 0 spiro atoms. The Kier molecular flexibility index (Phi) is 4.88. The molecule has 0 bridgehead atoms. The molecule has 1 fully saturated rings. The van der Waals surface area contributed by atoms with Crippen LogP contribution in [0, 0.1) is 0 Å². The van der Waals surface area contributed by atoms with Crippen LogP contribution in [0.2, 0.25) is 0 Å². The zero-order valence-corrected chi connectivity index (χ0v) is 17.1. The third-order valence-electron chi connectivity index (χ3n) is 5.75. The van der Waals surface area contributed by atoms with Crippen molar-refractivity contribution in [1.82, 2.24) is 19.4 Å². The summed E-state index contributed by atoms with van der Waals surface area (Å²) in [7, 11) is 1.32. The summed E-state index contributed by atoms with van der Waals surface area (Å²) in [5.74, 6) is -0.523. The second-order valence-electron chi connectivity index (χ2n) is 7.58. The highest BCUT2D eigenvalue weighted by atomic mass is 16.5. The normalized spacial score (nSPS) is 16.0. The molecule has 2 aromatic heterocycles. The van der Waals surface area contributed by atoms with Crippen LogP contribution < -0.4 is 11.0 Å². The molecular weight excluding hydrogens is 392 g/mol. The van der Waals surface area contributed by atoms with Gasteiger partial charge in [0.15, 0.2) is 11.3 Å². The van der Waals surface area contributed by atoms with Gasteiger partial charge < -0.3 is 10.1 Å². The van der Waals surface area contributed by atoms with E-state index in [2.05, 4.69) is 22.4 Å². The molecule has 1 saturated heterocycles. The van der Waals surface area contributed by atoms with Gasteiger partial charge in [0, 0.05) is 6.54 Å². The lowest BCUT2D eigenvalue weighted by Crippen LogP contribution is -2.28. The first kappa shape index (κ1) is 19.3. The molecule has 7 heteroatoms. The maximum atomic E-state index is 13.5. The molecule has 31 heavy (non-hydrogen) atoms. The number of hydrogen-bond donors (Lipinski definition) is 1. The van der Waals surface area contributed by atoms with E-state index in [4.69, 9.17) is 4.74 Å². The molecule has 7 nitrogen and oxygen atoms in total. The second-order valence-corrected chi connectivity index (χ2v) is 7.58. The molecule has 3 heterocycles. The van der Waals surface area contributed by atoms with Gasteiger partial charge in [0.25, 0.3) is 0 Å². The minimum Gasteiger partial charge on any atom is -0.464 e. The number of aromatic nitrogens is 3. The van der Waals surface area contributed by atoms with E-state index in [1.807, 2.05) is 42.5 Å². The highest BCUT2D eigenvalue weighted by Gasteiger charge is 2.25. The molecule has 1 aliphatic rings. The molecular formula is C24H22N4O3. The minimum atomic E-state index is -0.523. The van der Waals surface area contributed by atoms with Gasteiger partial charge in [-0.15, -0.1) is 0 Å². The summed E-state index contributed by atoms with van der Waals surface area (Å²) in [6.45, 7) is 1.53. The molecule has 1 N–H and O–H groups in total. The first-order chi connectivity index (χ1) is 15.2. The van der Waals surface area contributed by atoms with Gasteiger partial charge in [-0.2, -0.15) is 0 Å². The van der Waals surface area contributed by atoms with Crippen LogP contribution in [0.4, 0.5) is 0 Å². The topological polar surface area (TPSA) is 78.2 Å². The first-order valence-electron chi connectivity index (χ1n) is 10.3. The number of hydrogen-bond acceptors (Lipinski definition) is 5. The van der Waals surface area contributed by atoms with Crippen LogP contribution >= 0.6 is 0 Å². The zero-order chi connectivity index (χ0) is 21.4. The highest BCUT2D eigenvalue weighted by Crippen LogP contribution is 2.25. The Hall–Kier alpha value is -3.71. The molecule has 0 aliphatic carbocycles. The zero-order valence-electron chi connectivity index (χ0n) is 17.1. The lowest BCUT2D eigenvalue weighted by atomic mass is 10.1.